The van der Waals surface area contributed by atoms with Gasteiger partial charge >= 0.3 is 0 Å². The third-order valence-electron chi connectivity index (χ3n) is 5.16. The van der Waals surface area contributed by atoms with E-state index in [1.807, 2.05) is 0 Å². The normalized spacial score (nSPS) is 25.0. The van der Waals surface area contributed by atoms with Gasteiger partial charge in [0.25, 0.3) is 5.91 Å². The standard InChI is InChI=1S/C19H20FN3O3/c20-14-4-3-9-22-17(14)26-13-19-7-11-25-16(19)6-10-23(12-19)18(24)15-5-1-2-8-21-15/h1-5,8-9,16H,6-7,10-13H2/t16-,19+/m1/s1. The number of fused-ring (bicyclic) bond motifs is 1. The summed E-state index contributed by atoms with van der Waals surface area (Å²) in [7, 11) is 0. The highest BCUT2D eigenvalue weighted by molar-refractivity contribution is 5.92. The van der Waals surface area contributed by atoms with E-state index in [-0.39, 0.29) is 29.9 Å². The van der Waals surface area contributed by atoms with Gasteiger partial charge in [0, 0.05) is 32.1 Å². The van der Waals surface area contributed by atoms with Gasteiger partial charge in [-0.25, -0.2) is 9.37 Å². The summed E-state index contributed by atoms with van der Waals surface area (Å²) in [5.41, 5.74) is 0.0730. The maximum Gasteiger partial charge on any atom is 0.272 e. The predicted octanol–water partition coefficient (Wildman–Crippen LogP) is 2.32. The minimum atomic E-state index is -0.489. The Balaban J connectivity index is 1.51. The molecule has 2 aromatic heterocycles. The zero-order valence-electron chi connectivity index (χ0n) is 14.3. The largest absolute Gasteiger partial charge is 0.475 e. The molecule has 0 unspecified atom stereocenters. The number of hydrogen-bond acceptors (Lipinski definition) is 5. The molecule has 1 amide bonds. The first-order chi connectivity index (χ1) is 12.7. The van der Waals surface area contributed by atoms with Crippen LogP contribution >= 0.6 is 0 Å². The van der Waals surface area contributed by atoms with Crippen molar-refractivity contribution in [3.05, 3.63) is 54.2 Å². The van der Waals surface area contributed by atoms with E-state index in [4.69, 9.17) is 9.47 Å². The van der Waals surface area contributed by atoms with Gasteiger partial charge in [0.05, 0.1) is 18.1 Å². The summed E-state index contributed by atoms with van der Waals surface area (Å²) in [4.78, 5) is 22.7. The molecular weight excluding hydrogens is 337 g/mol. The number of amides is 1. The van der Waals surface area contributed by atoms with Gasteiger partial charge in [0.2, 0.25) is 5.88 Å². The SMILES string of the molecule is O=C(c1ccccn1)N1CC[C@H]2OCC[C@@]2(COc2ncccc2F)C1. The summed E-state index contributed by atoms with van der Waals surface area (Å²) < 4.78 is 25.4. The quantitative estimate of drug-likeness (QED) is 0.840. The van der Waals surface area contributed by atoms with Crippen molar-refractivity contribution in [1.82, 2.24) is 14.9 Å². The van der Waals surface area contributed by atoms with Crippen LogP contribution < -0.4 is 4.74 Å². The number of aromatic nitrogens is 2. The van der Waals surface area contributed by atoms with Crippen LogP contribution in [-0.2, 0) is 4.74 Å². The third-order valence-corrected chi connectivity index (χ3v) is 5.16. The van der Waals surface area contributed by atoms with Crippen molar-refractivity contribution in [2.24, 2.45) is 5.41 Å². The molecule has 7 heteroatoms. The van der Waals surface area contributed by atoms with Gasteiger partial charge in [-0.1, -0.05) is 6.07 Å². The lowest BCUT2D eigenvalue weighted by molar-refractivity contribution is -0.0339. The van der Waals surface area contributed by atoms with Crippen LogP contribution in [0.5, 0.6) is 5.88 Å². The summed E-state index contributed by atoms with van der Waals surface area (Å²) in [6, 6.07) is 8.14. The van der Waals surface area contributed by atoms with Crippen molar-refractivity contribution in [3.63, 3.8) is 0 Å². The number of ether oxygens (including phenoxy) is 2. The Morgan fingerprint density at radius 3 is 3.00 bits per heavy atom. The maximum atomic E-state index is 13.8. The molecule has 0 aromatic carbocycles. The van der Waals surface area contributed by atoms with Crippen LogP contribution in [-0.4, -0.2) is 53.2 Å². The molecule has 4 heterocycles. The second-order valence-electron chi connectivity index (χ2n) is 6.78. The van der Waals surface area contributed by atoms with Crippen LogP contribution in [0.25, 0.3) is 0 Å². The fraction of sp³-hybridized carbons (Fsp3) is 0.421. The molecule has 2 aromatic rings. The summed E-state index contributed by atoms with van der Waals surface area (Å²) >= 11 is 0. The Morgan fingerprint density at radius 2 is 2.19 bits per heavy atom. The number of carbonyl (C=O) groups is 1. The topological polar surface area (TPSA) is 64.6 Å². The molecule has 136 valence electrons. The van der Waals surface area contributed by atoms with Crippen LogP contribution in [0.1, 0.15) is 23.3 Å². The Bertz CT molecular complexity index is 789. The molecule has 4 rings (SSSR count). The van der Waals surface area contributed by atoms with E-state index >= 15 is 0 Å². The van der Waals surface area contributed by atoms with E-state index in [1.54, 1.807) is 29.3 Å². The van der Waals surface area contributed by atoms with Crippen LogP contribution in [0.3, 0.4) is 0 Å². The summed E-state index contributed by atoms with van der Waals surface area (Å²) in [5, 5.41) is 0. The van der Waals surface area contributed by atoms with E-state index in [2.05, 4.69) is 9.97 Å². The van der Waals surface area contributed by atoms with E-state index < -0.39 is 5.82 Å². The minimum Gasteiger partial charge on any atom is -0.475 e. The molecular formula is C19H20FN3O3. The average molecular weight is 357 g/mol. The van der Waals surface area contributed by atoms with Gasteiger partial charge in [-0.2, -0.15) is 0 Å². The van der Waals surface area contributed by atoms with Gasteiger partial charge in [0.1, 0.15) is 5.69 Å². The highest BCUT2D eigenvalue weighted by Gasteiger charge is 2.49. The van der Waals surface area contributed by atoms with Gasteiger partial charge in [-0.3, -0.25) is 9.78 Å². The van der Waals surface area contributed by atoms with Crippen molar-refractivity contribution < 1.29 is 18.7 Å². The molecule has 0 spiro atoms. The average Bonchev–Trinajstić information content (AvgIpc) is 3.11. The molecule has 0 bridgehead atoms. The highest BCUT2D eigenvalue weighted by Crippen LogP contribution is 2.41. The Kier molecular flexibility index (Phi) is 4.55. The second kappa shape index (κ2) is 6.99. The van der Waals surface area contributed by atoms with E-state index in [1.165, 1.54) is 18.3 Å². The van der Waals surface area contributed by atoms with Crippen LogP contribution in [0, 0.1) is 11.2 Å². The zero-order chi connectivity index (χ0) is 18.0. The zero-order valence-corrected chi connectivity index (χ0v) is 14.3. The molecule has 0 radical (unpaired) electrons. The van der Waals surface area contributed by atoms with E-state index in [9.17, 15) is 9.18 Å². The number of nitrogens with zero attached hydrogens (tertiary/aromatic N) is 3. The first kappa shape index (κ1) is 16.9. The second-order valence-corrected chi connectivity index (χ2v) is 6.78. The lowest BCUT2D eigenvalue weighted by Crippen LogP contribution is -2.54. The molecule has 0 N–H and O–H groups in total. The number of pyridine rings is 2. The Morgan fingerprint density at radius 1 is 1.31 bits per heavy atom. The van der Waals surface area contributed by atoms with Crippen molar-refractivity contribution in [1.29, 1.82) is 0 Å². The summed E-state index contributed by atoms with van der Waals surface area (Å²) in [6.07, 6.45) is 4.60. The van der Waals surface area contributed by atoms with Crippen LogP contribution in [0.2, 0.25) is 0 Å². The number of likely N-dealkylation sites (tertiary alicyclic amines) is 1. The maximum absolute atomic E-state index is 13.8. The molecule has 26 heavy (non-hydrogen) atoms. The number of piperidine rings is 1. The summed E-state index contributed by atoms with van der Waals surface area (Å²) in [6.45, 7) is 1.99. The molecule has 2 aliphatic heterocycles. The number of carbonyl (C=O) groups excluding carboxylic acids is 1. The van der Waals surface area contributed by atoms with Crippen molar-refractivity contribution in [2.45, 2.75) is 18.9 Å². The molecule has 2 aliphatic rings. The molecule has 0 saturated carbocycles. The number of halogens is 1. The molecule has 0 aliphatic carbocycles. The lowest BCUT2D eigenvalue weighted by Gasteiger charge is -2.43. The number of rotatable bonds is 4. The Labute approximate surface area is 151 Å². The van der Waals surface area contributed by atoms with Crippen molar-refractivity contribution in [2.75, 3.05) is 26.3 Å². The smallest absolute Gasteiger partial charge is 0.272 e. The fourth-order valence-electron chi connectivity index (χ4n) is 3.77. The molecule has 2 atom stereocenters. The molecule has 2 fully saturated rings. The van der Waals surface area contributed by atoms with Gasteiger partial charge in [0.15, 0.2) is 5.82 Å². The van der Waals surface area contributed by atoms with Crippen LogP contribution in [0.4, 0.5) is 4.39 Å². The lowest BCUT2D eigenvalue weighted by atomic mass is 9.77. The summed E-state index contributed by atoms with van der Waals surface area (Å²) in [5.74, 6) is -0.600. The minimum absolute atomic E-state index is 0.00190. The van der Waals surface area contributed by atoms with Gasteiger partial charge in [-0.15, -0.1) is 0 Å². The van der Waals surface area contributed by atoms with E-state index in [0.717, 1.165) is 12.8 Å². The fourth-order valence-corrected chi connectivity index (χ4v) is 3.77. The monoisotopic (exact) mass is 357 g/mol. The van der Waals surface area contributed by atoms with Gasteiger partial charge in [-0.05, 0) is 37.1 Å². The molecule has 2 saturated heterocycles. The predicted molar refractivity (Wildman–Crippen MR) is 91.2 cm³/mol. The first-order valence-corrected chi connectivity index (χ1v) is 8.73. The van der Waals surface area contributed by atoms with E-state index in [0.29, 0.717) is 25.4 Å². The molecule has 6 nitrogen and oxygen atoms in total. The van der Waals surface area contributed by atoms with Crippen molar-refractivity contribution >= 4 is 5.91 Å². The van der Waals surface area contributed by atoms with Crippen LogP contribution in [0.15, 0.2) is 42.7 Å². The van der Waals surface area contributed by atoms with Gasteiger partial charge < -0.3 is 14.4 Å². The number of hydrogen-bond donors (Lipinski definition) is 0. The third kappa shape index (κ3) is 3.14. The Hall–Kier alpha value is -2.54. The first-order valence-electron chi connectivity index (χ1n) is 8.73. The van der Waals surface area contributed by atoms with Crippen molar-refractivity contribution in [3.8, 4) is 5.88 Å². The highest BCUT2D eigenvalue weighted by atomic mass is 19.1.